The fourth-order valence-electron chi connectivity index (χ4n) is 2.21. The van der Waals surface area contributed by atoms with Crippen molar-refractivity contribution >= 4 is 27.6 Å². The lowest BCUT2D eigenvalue weighted by Crippen LogP contribution is -2.15. The first kappa shape index (κ1) is 13.3. The van der Waals surface area contributed by atoms with Gasteiger partial charge in [-0.25, -0.2) is 18.1 Å². The van der Waals surface area contributed by atoms with Crippen molar-refractivity contribution in [2.75, 3.05) is 4.72 Å². The lowest BCUT2D eigenvalue weighted by molar-refractivity contribution is 0.601. The molecule has 1 aliphatic carbocycles. The molecule has 1 aromatic heterocycles. The molecule has 1 N–H and O–H groups in total. The Morgan fingerprint density at radius 1 is 1.10 bits per heavy atom. The molecule has 2 aromatic rings. The number of sulfonamides is 1. The van der Waals surface area contributed by atoms with E-state index < -0.39 is 10.0 Å². The molecule has 0 fully saturated rings. The molecule has 1 heterocycles. The van der Waals surface area contributed by atoms with Crippen LogP contribution in [0.3, 0.4) is 0 Å². The zero-order valence-electron chi connectivity index (χ0n) is 10.5. The molecule has 1 aliphatic rings. The summed E-state index contributed by atoms with van der Waals surface area (Å²) in [5.74, 6) is 0.0273. The van der Waals surface area contributed by atoms with Crippen molar-refractivity contribution in [1.82, 2.24) is 9.97 Å². The molecule has 0 unspecified atom stereocenters. The fourth-order valence-corrected chi connectivity index (χ4v) is 3.46. The maximum atomic E-state index is 12.2. The molecule has 0 saturated heterocycles. The van der Waals surface area contributed by atoms with E-state index in [1.165, 1.54) is 12.1 Å². The fraction of sp³-hybridized carbons (Fsp3) is 0.231. The molecule has 5 nitrogen and oxygen atoms in total. The zero-order chi connectivity index (χ0) is 14.2. The summed E-state index contributed by atoms with van der Waals surface area (Å²) in [6, 6.07) is 8.09. The second kappa shape index (κ2) is 5.03. The first-order valence-corrected chi connectivity index (χ1v) is 8.05. The minimum absolute atomic E-state index is 0.0273. The van der Waals surface area contributed by atoms with Gasteiger partial charge in [-0.05, 0) is 31.4 Å². The second-order valence-electron chi connectivity index (χ2n) is 4.54. The quantitative estimate of drug-likeness (QED) is 0.884. The average Bonchev–Trinajstić information content (AvgIpc) is 2.88. The maximum Gasteiger partial charge on any atom is 0.264 e. The summed E-state index contributed by atoms with van der Waals surface area (Å²) in [6.07, 6.45) is 2.62. The number of anilines is 1. The number of fused-ring (bicyclic) bond motifs is 1. The highest BCUT2D eigenvalue weighted by Gasteiger charge is 2.21. The number of nitrogens with one attached hydrogen (secondary N) is 1. The van der Waals surface area contributed by atoms with E-state index in [4.69, 9.17) is 11.6 Å². The molecule has 0 amide bonds. The minimum atomic E-state index is -3.68. The largest absolute Gasteiger partial charge is 0.264 e. The van der Waals surface area contributed by atoms with Crippen molar-refractivity contribution < 1.29 is 8.42 Å². The van der Waals surface area contributed by atoms with E-state index in [1.54, 1.807) is 18.2 Å². The molecule has 0 aliphatic heterocycles. The molecule has 0 atom stereocenters. The Kier molecular flexibility index (Phi) is 3.35. The molecule has 0 spiro atoms. The Bertz CT molecular complexity index is 748. The van der Waals surface area contributed by atoms with Crippen LogP contribution in [0, 0.1) is 0 Å². The van der Waals surface area contributed by atoms with Crippen LogP contribution in [0.25, 0.3) is 0 Å². The lowest BCUT2D eigenvalue weighted by atomic mass is 10.3. The highest BCUT2D eigenvalue weighted by molar-refractivity contribution is 7.92. The predicted octanol–water partition coefficient (Wildman–Crippen LogP) is 2.42. The van der Waals surface area contributed by atoms with Gasteiger partial charge in [0.05, 0.1) is 10.6 Å². The van der Waals surface area contributed by atoms with Gasteiger partial charge in [0.1, 0.15) is 5.15 Å². The third kappa shape index (κ3) is 2.48. The van der Waals surface area contributed by atoms with Gasteiger partial charge >= 0.3 is 0 Å². The number of hydrogen-bond donors (Lipinski definition) is 1. The Morgan fingerprint density at radius 2 is 1.85 bits per heavy atom. The van der Waals surface area contributed by atoms with E-state index in [9.17, 15) is 8.42 Å². The maximum absolute atomic E-state index is 12.2. The van der Waals surface area contributed by atoms with E-state index in [-0.39, 0.29) is 10.8 Å². The summed E-state index contributed by atoms with van der Waals surface area (Å²) in [4.78, 5) is 8.43. The average molecular weight is 310 g/mol. The Morgan fingerprint density at radius 3 is 2.60 bits per heavy atom. The van der Waals surface area contributed by atoms with Gasteiger partial charge in [0.2, 0.25) is 5.95 Å². The summed E-state index contributed by atoms with van der Waals surface area (Å²) in [6.45, 7) is 0. The van der Waals surface area contributed by atoms with Crippen molar-refractivity contribution in [3.8, 4) is 0 Å². The van der Waals surface area contributed by atoms with Crippen LogP contribution in [0.5, 0.6) is 0 Å². The smallest absolute Gasteiger partial charge is 0.247 e. The first-order chi connectivity index (χ1) is 9.56. The third-order valence-electron chi connectivity index (χ3n) is 3.16. The van der Waals surface area contributed by atoms with Crippen LogP contribution in [-0.2, 0) is 22.9 Å². The highest BCUT2D eigenvalue weighted by Crippen LogP contribution is 2.27. The summed E-state index contributed by atoms with van der Waals surface area (Å²) < 4.78 is 26.7. The Balaban J connectivity index is 1.94. The van der Waals surface area contributed by atoms with Crippen molar-refractivity contribution in [3.63, 3.8) is 0 Å². The third-order valence-corrected chi connectivity index (χ3v) is 4.82. The van der Waals surface area contributed by atoms with Crippen molar-refractivity contribution in [2.45, 2.75) is 24.2 Å². The summed E-state index contributed by atoms with van der Waals surface area (Å²) >= 11 is 6.06. The Hall–Kier alpha value is -1.66. The number of hydrogen-bond acceptors (Lipinski definition) is 4. The van der Waals surface area contributed by atoms with Gasteiger partial charge in [0, 0.05) is 5.56 Å². The van der Waals surface area contributed by atoms with Gasteiger partial charge < -0.3 is 0 Å². The number of aryl methyl sites for hydroxylation is 1. The molecule has 0 radical (unpaired) electrons. The summed E-state index contributed by atoms with van der Waals surface area (Å²) in [5.41, 5.74) is 1.75. The van der Waals surface area contributed by atoms with Crippen LogP contribution in [0.2, 0.25) is 5.15 Å². The first-order valence-electron chi connectivity index (χ1n) is 6.19. The van der Waals surface area contributed by atoms with Crippen LogP contribution in [0.4, 0.5) is 5.95 Å². The van der Waals surface area contributed by atoms with E-state index in [0.29, 0.717) is 5.15 Å². The Labute approximate surface area is 122 Å². The standard InChI is InChI=1S/C13H12ClN3O2S/c14-12-10-7-4-8-11(10)15-13(16-12)17-20(18,19)9-5-2-1-3-6-9/h1-3,5-6H,4,7-8H2,(H,15,16,17). The lowest BCUT2D eigenvalue weighted by Gasteiger charge is -2.08. The molecule has 1 aromatic carbocycles. The second-order valence-corrected chi connectivity index (χ2v) is 6.58. The van der Waals surface area contributed by atoms with Crippen LogP contribution in [0.1, 0.15) is 17.7 Å². The van der Waals surface area contributed by atoms with E-state index in [0.717, 1.165) is 30.5 Å². The number of nitrogens with zero attached hydrogens (tertiary/aromatic N) is 2. The normalized spacial score (nSPS) is 14.1. The van der Waals surface area contributed by atoms with Crippen LogP contribution >= 0.6 is 11.6 Å². The molecule has 0 bridgehead atoms. The monoisotopic (exact) mass is 309 g/mol. The predicted molar refractivity (Wildman–Crippen MR) is 76.3 cm³/mol. The summed E-state index contributed by atoms with van der Waals surface area (Å²) in [7, 11) is -3.68. The zero-order valence-corrected chi connectivity index (χ0v) is 12.1. The van der Waals surface area contributed by atoms with Gasteiger partial charge in [0.25, 0.3) is 10.0 Å². The van der Waals surface area contributed by atoms with Gasteiger partial charge in [-0.2, -0.15) is 4.98 Å². The topological polar surface area (TPSA) is 72.0 Å². The molecule has 20 heavy (non-hydrogen) atoms. The molecular formula is C13H12ClN3O2S. The highest BCUT2D eigenvalue weighted by atomic mass is 35.5. The SMILES string of the molecule is O=S(=O)(Nc1nc(Cl)c2c(n1)CCC2)c1ccccc1. The van der Waals surface area contributed by atoms with Crippen molar-refractivity contribution in [2.24, 2.45) is 0 Å². The van der Waals surface area contributed by atoms with Gasteiger partial charge in [0.15, 0.2) is 0 Å². The molecule has 104 valence electrons. The minimum Gasteiger partial charge on any atom is -0.247 e. The van der Waals surface area contributed by atoms with Gasteiger partial charge in [-0.1, -0.05) is 29.8 Å². The van der Waals surface area contributed by atoms with Gasteiger partial charge in [-0.3, -0.25) is 0 Å². The summed E-state index contributed by atoms with van der Waals surface area (Å²) in [5, 5.41) is 0.332. The number of benzene rings is 1. The molecular weight excluding hydrogens is 298 g/mol. The molecule has 3 rings (SSSR count). The van der Waals surface area contributed by atoms with E-state index in [1.807, 2.05) is 0 Å². The van der Waals surface area contributed by atoms with Crippen LogP contribution < -0.4 is 4.72 Å². The van der Waals surface area contributed by atoms with E-state index in [2.05, 4.69) is 14.7 Å². The van der Waals surface area contributed by atoms with Crippen molar-refractivity contribution in [3.05, 3.63) is 46.7 Å². The number of rotatable bonds is 3. The van der Waals surface area contributed by atoms with E-state index >= 15 is 0 Å². The van der Waals surface area contributed by atoms with Crippen molar-refractivity contribution in [1.29, 1.82) is 0 Å². The number of aromatic nitrogens is 2. The number of halogens is 1. The van der Waals surface area contributed by atoms with Crippen LogP contribution in [-0.4, -0.2) is 18.4 Å². The molecule has 7 heteroatoms. The van der Waals surface area contributed by atoms with Gasteiger partial charge in [-0.15, -0.1) is 0 Å². The molecule has 0 saturated carbocycles. The van der Waals surface area contributed by atoms with Crippen LogP contribution in [0.15, 0.2) is 35.2 Å².